The highest BCUT2D eigenvalue weighted by Gasteiger charge is 2.09. The summed E-state index contributed by atoms with van der Waals surface area (Å²) in [7, 11) is 0. The molecule has 2 aromatic rings. The molecule has 0 fully saturated rings. The fourth-order valence-electron chi connectivity index (χ4n) is 1.91. The van der Waals surface area contributed by atoms with E-state index in [4.69, 9.17) is 4.74 Å². The highest BCUT2D eigenvalue weighted by Crippen LogP contribution is 2.23. The average Bonchev–Trinajstić information content (AvgIpc) is 2.49. The Morgan fingerprint density at radius 1 is 1.29 bits per heavy atom. The lowest BCUT2D eigenvalue weighted by Crippen LogP contribution is -2.12. The van der Waals surface area contributed by atoms with Gasteiger partial charge in [-0.05, 0) is 65.9 Å². The summed E-state index contributed by atoms with van der Waals surface area (Å²) in [5.74, 6) is 0.453. The summed E-state index contributed by atoms with van der Waals surface area (Å²) in [5.41, 5.74) is 1.88. The number of amides is 1. The van der Waals surface area contributed by atoms with Crippen LogP contribution in [0, 0.1) is 3.57 Å². The molecule has 0 atom stereocenters. The number of ether oxygens (including phenoxy) is 1. The van der Waals surface area contributed by atoms with E-state index in [0.717, 1.165) is 3.57 Å². The third kappa shape index (κ3) is 4.18. The zero-order valence-electron chi connectivity index (χ0n) is 11.6. The van der Waals surface area contributed by atoms with Crippen molar-refractivity contribution in [3.05, 3.63) is 57.2 Å². The third-order valence-electron chi connectivity index (χ3n) is 2.88. The highest BCUT2D eigenvalue weighted by atomic mass is 127. The van der Waals surface area contributed by atoms with Gasteiger partial charge >= 0.3 is 0 Å². The minimum Gasteiger partial charge on any atom is -0.494 e. The lowest BCUT2D eigenvalue weighted by molar-refractivity contribution is 0.102. The Hall–Kier alpha value is -1.60. The molecule has 2 N–H and O–H groups in total. The van der Waals surface area contributed by atoms with Crippen LogP contribution in [0.1, 0.15) is 22.8 Å². The van der Waals surface area contributed by atoms with Crippen molar-refractivity contribution in [2.24, 2.45) is 0 Å². The van der Waals surface area contributed by atoms with Gasteiger partial charge in [0, 0.05) is 20.4 Å². The van der Waals surface area contributed by atoms with E-state index >= 15 is 0 Å². The van der Waals surface area contributed by atoms with Crippen LogP contribution in [0.15, 0.2) is 42.5 Å². The fourth-order valence-corrected chi connectivity index (χ4v) is 2.45. The predicted octanol–water partition coefficient (Wildman–Crippen LogP) is 3.43. The number of halogens is 1. The van der Waals surface area contributed by atoms with Crippen LogP contribution >= 0.6 is 22.6 Å². The standard InChI is InChI=1S/C16H16INO3/c1-2-21-15-7-6-14(9-12(15)10-19)18-16(20)11-4-3-5-13(17)8-11/h3-9,19H,2,10H2,1H3,(H,18,20). The Morgan fingerprint density at radius 3 is 2.76 bits per heavy atom. The van der Waals surface area contributed by atoms with Gasteiger partial charge in [0.05, 0.1) is 13.2 Å². The number of hydrogen-bond donors (Lipinski definition) is 2. The molecule has 0 unspecified atom stereocenters. The smallest absolute Gasteiger partial charge is 0.255 e. The quantitative estimate of drug-likeness (QED) is 0.761. The molecule has 110 valence electrons. The third-order valence-corrected chi connectivity index (χ3v) is 3.55. The van der Waals surface area contributed by atoms with Crippen molar-refractivity contribution in [1.29, 1.82) is 0 Å². The van der Waals surface area contributed by atoms with E-state index in [1.807, 2.05) is 25.1 Å². The molecule has 0 radical (unpaired) electrons. The molecule has 0 aromatic heterocycles. The number of benzene rings is 2. The van der Waals surface area contributed by atoms with Crippen molar-refractivity contribution in [1.82, 2.24) is 0 Å². The van der Waals surface area contributed by atoms with Crippen LogP contribution in [-0.4, -0.2) is 17.6 Å². The topological polar surface area (TPSA) is 58.6 Å². The van der Waals surface area contributed by atoms with E-state index in [2.05, 4.69) is 27.9 Å². The molecule has 0 aliphatic carbocycles. The molecule has 0 heterocycles. The van der Waals surface area contributed by atoms with Gasteiger partial charge in [-0.2, -0.15) is 0 Å². The maximum absolute atomic E-state index is 12.2. The van der Waals surface area contributed by atoms with Gasteiger partial charge in [-0.25, -0.2) is 0 Å². The molecule has 0 aliphatic heterocycles. The van der Waals surface area contributed by atoms with E-state index in [-0.39, 0.29) is 12.5 Å². The van der Waals surface area contributed by atoms with Gasteiger partial charge in [-0.1, -0.05) is 6.07 Å². The number of aliphatic hydroxyl groups excluding tert-OH is 1. The second-order valence-electron chi connectivity index (χ2n) is 4.38. The van der Waals surface area contributed by atoms with Gasteiger partial charge in [0.15, 0.2) is 0 Å². The van der Waals surface area contributed by atoms with Gasteiger partial charge in [0.25, 0.3) is 5.91 Å². The predicted molar refractivity (Wildman–Crippen MR) is 90.6 cm³/mol. The average molecular weight is 397 g/mol. The van der Waals surface area contributed by atoms with Crippen molar-refractivity contribution < 1.29 is 14.6 Å². The highest BCUT2D eigenvalue weighted by molar-refractivity contribution is 14.1. The van der Waals surface area contributed by atoms with Crippen molar-refractivity contribution in [2.75, 3.05) is 11.9 Å². The number of carbonyl (C=O) groups excluding carboxylic acids is 1. The SMILES string of the molecule is CCOc1ccc(NC(=O)c2cccc(I)c2)cc1CO. The van der Waals surface area contributed by atoms with Gasteiger partial charge < -0.3 is 15.2 Å². The van der Waals surface area contributed by atoms with Crippen LogP contribution in [0.4, 0.5) is 5.69 Å². The molecule has 0 saturated heterocycles. The van der Waals surface area contributed by atoms with E-state index < -0.39 is 0 Å². The Bertz CT molecular complexity index is 643. The lowest BCUT2D eigenvalue weighted by Gasteiger charge is -2.11. The number of nitrogens with one attached hydrogen (secondary N) is 1. The van der Waals surface area contributed by atoms with Crippen molar-refractivity contribution >= 4 is 34.2 Å². The molecule has 0 saturated carbocycles. The zero-order chi connectivity index (χ0) is 15.2. The second kappa shape index (κ2) is 7.42. The summed E-state index contributed by atoms with van der Waals surface area (Å²) in [4.78, 5) is 12.2. The minimum absolute atomic E-state index is 0.137. The molecule has 1 amide bonds. The summed E-state index contributed by atoms with van der Waals surface area (Å²) in [6, 6.07) is 12.6. The summed E-state index contributed by atoms with van der Waals surface area (Å²) in [6.07, 6.45) is 0. The summed E-state index contributed by atoms with van der Waals surface area (Å²) in [5, 5.41) is 12.2. The zero-order valence-corrected chi connectivity index (χ0v) is 13.8. The van der Waals surface area contributed by atoms with E-state index in [1.54, 1.807) is 24.3 Å². The molecule has 4 nitrogen and oxygen atoms in total. The monoisotopic (exact) mass is 397 g/mol. The Balaban J connectivity index is 2.17. The Kier molecular flexibility index (Phi) is 5.58. The Labute approximate surface area is 137 Å². The summed E-state index contributed by atoms with van der Waals surface area (Å²) in [6.45, 7) is 2.28. The molecule has 0 aliphatic rings. The first-order valence-electron chi connectivity index (χ1n) is 6.57. The van der Waals surface area contributed by atoms with Crippen LogP contribution < -0.4 is 10.1 Å². The number of rotatable bonds is 5. The first kappa shape index (κ1) is 15.8. The molecule has 21 heavy (non-hydrogen) atoms. The molecule has 2 aromatic carbocycles. The largest absolute Gasteiger partial charge is 0.494 e. The van der Waals surface area contributed by atoms with Crippen LogP contribution in [0.5, 0.6) is 5.75 Å². The first-order chi connectivity index (χ1) is 10.1. The van der Waals surface area contributed by atoms with Crippen molar-refractivity contribution in [3.8, 4) is 5.75 Å². The number of anilines is 1. The van der Waals surface area contributed by atoms with Crippen LogP contribution in [0.2, 0.25) is 0 Å². The number of aliphatic hydroxyl groups is 1. The van der Waals surface area contributed by atoms with E-state index in [9.17, 15) is 9.90 Å². The normalized spacial score (nSPS) is 10.2. The molecule has 0 bridgehead atoms. The van der Waals surface area contributed by atoms with Crippen LogP contribution in [0.25, 0.3) is 0 Å². The molecular weight excluding hydrogens is 381 g/mol. The maximum Gasteiger partial charge on any atom is 0.255 e. The van der Waals surface area contributed by atoms with E-state index in [0.29, 0.717) is 29.2 Å². The van der Waals surface area contributed by atoms with Gasteiger partial charge in [-0.3, -0.25) is 4.79 Å². The lowest BCUT2D eigenvalue weighted by atomic mass is 10.1. The summed E-state index contributed by atoms with van der Waals surface area (Å²) >= 11 is 2.17. The van der Waals surface area contributed by atoms with Gasteiger partial charge in [0.1, 0.15) is 5.75 Å². The van der Waals surface area contributed by atoms with Crippen LogP contribution in [-0.2, 0) is 6.61 Å². The van der Waals surface area contributed by atoms with Gasteiger partial charge in [-0.15, -0.1) is 0 Å². The molecule has 2 rings (SSSR count). The van der Waals surface area contributed by atoms with Crippen molar-refractivity contribution in [3.63, 3.8) is 0 Å². The van der Waals surface area contributed by atoms with Crippen LogP contribution in [0.3, 0.4) is 0 Å². The second-order valence-corrected chi connectivity index (χ2v) is 5.62. The fraction of sp³-hybridized carbons (Fsp3) is 0.188. The molecule has 5 heteroatoms. The number of carbonyl (C=O) groups is 1. The maximum atomic E-state index is 12.2. The number of hydrogen-bond acceptors (Lipinski definition) is 3. The molecular formula is C16H16INO3. The van der Waals surface area contributed by atoms with Gasteiger partial charge in [0.2, 0.25) is 0 Å². The first-order valence-corrected chi connectivity index (χ1v) is 7.65. The Morgan fingerprint density at radius 2 is 2.10 bits per heavy atom. The van der Waals surface area contributed by atoms with E-state index in [1.165, 1.54) is 0 Å². The van der Waals surface area contributed by atoms with Crippen molar-refractivity contribution in [2.45, 2.75) is 13.5 Å². The molecule has 0 spiro atoms. The minimum atomic E-state index is -0.179. The summed E-state index contributed by atoms with van der Waals surface area (Å²) < 4.78 is 6.42.